The van der Waals surface area contributed by atoms with Crippen molar-refractivity contribution in [3.05, 3.63) is 44.8 Å². The number of hydrogen-bond acceptors (Lipinski definition) is 7. The largest absolute Gasteiger partial charge is 0.377 e. The van der Waals surface area contributed by atoms with Crippen LogP contribution < -0.4 is 10.5 Å². The topological polar surface area (TPSA) is 102 Å². The lowest BCUT2D eigenvalue weighted by atomic mass is 10.3. The van der Waals surface area contributed by atoms with Gasteiger partial charge < -0.3 is 19.2 Å². The monoisotopic (exact) mass is 439 g/mol. The fraction of sp³-hybridized carbons (Fsp3) is 0.333. The molecule has 2 aromatic heterocycles. The minimum absolute atomic E-state index is 0.0488. The number of rotatable bonds is 10. The van der Waals surface area contributed by atoms with Gasteiger partial charge in [0.2, 0.25) is 5.95 Å². The summed E-state index contributed by atoms with van der Waals surface area (Å²) in [4.78, 5) is 31.7. The summed E-state index contributed by atoms with van der Waals surface area (Å²) in [6, 6.07) is 5.14. The predicted molar refractivity (Wildman–Crippen MR) is 110 cm³/mol. The standard InChI is InChI=1S/C18H19Cl2N5O4/c1-24(12-2-3-13(19)14(20)10-12)18-22-15-11-21-25(16(15)17(27)23-18)4-6-28-8-9-29-7-5-26/h2-3,5,10-11H,4,6-9H2,1H3,(H,22,23,27). The molecule has 0 spiro atoms. The number of benzene rings is 1. The molecule has 0 aliphatic rings. The van der Waals surface area contributed by atoms with Gasteiger partial charge in [0.1, 0.15) is 18.4 Å². The van der Waals surface area contributed by atoms with Crippen LogP contribution in [0.3, 0.4) is 0 Å². The van der Waals surface area contributed by atoms with Crippen molar-refractivity contribution < 1.29 is 14.3 Å². The van der Waals surface area contributed by atoms with Gasteiger partial charge in [-0.25, -0.2) is 4.98 Å². The van der Waals surface area contributed by atoms with Gasteiger partial charge >= 0.3 is 0 Å². The maximum atomic E-state index is 12.6. The molecule has 0 fully saturated rings. The van der Waals surface area contributed by atoms with E-state index >= 15 is 0 Å². The molecule has 154 valence electrons. The molecule has 0 atom stereocenters. The number of fused-ring (bicyclic) bond motifs is 1. The van der Waals surface area contributed by atoms with E-state index in [2.05, 4.69) is 15.1 Å². The zero-order chi connectivity index (χ0) is 20.8. The van der Waals surface area contributed by atoms with E-state index in [1.54, 1.807) is 30.1 Å². The van der Waals surface area contributed by atoms with Gasteiger partial charge in [0.05, 0.1) is 42.6 Å². The molecule has 29 heavy (non-hydrogen) atoms. The van der Waals surface area contributed by atoms with Crippen LogP contribution in [0.25, 0.3) is 11.0 Å². The SMILES string of the molecule is CN(c1ccc(Cl)c(Cl)c1)c1nc2cnn(CCOCCOCC=O)c2c(=O)[nH]1. The minimum atomic E-state index is -0.316. The number of aromatic nitrogens is 4. The van der Waals surface area contributed by atoms with Gasteiger partial charge in [0.15, 0.2) is 5.52 Å². The van der Waals surface area contributed by atoms with Crippen LogP contribution in [0.1, 0.15) is 0 Å². The van der Waals surface area contributed by atoms with Crippen LogP contribution in [0.5, 0.6) is 0 Å². The molecule has 3 aromatic rings. The van der Waals surface area contributed by atoms with Crippen LogP contribution >= 0.6 is 23.2 Å². The quantitative estimate of drug-likeness (QED) is 0.382. The summed E-state index contributed by atoms with van der Waals surface area (Å²) in [6.45, 7) is 1.44. The molecule has 0 aliphatic carbocycles. The van der Waals surface area contributed by atoms with Crippen LogP contribution in [-0.2, 0) is 20.8 Å². The molecule has 0 bridgehead atoms. The third kappa shape index (κ3) is 5.13. The normalized spacial score (nSPS) is 11.1. The number of anilines is 2. The molecule has 2 heterocycles. The Bertz CT molecular complexity index is 1050. The Morgan fingerprint density at radius 1 is 1.21 bits per heavy atom. The number of carbonyl (C=O) groups excluding carboxylic acids is 1. The number of nitrogens with zero attached hydrogens (tertiary/aromatic N) is 4. The lowest BCUT2D eigenvalue weighted by Gasteiger charge is -2.18. The zero-order valence-electron chi connectivity index (χ0n) is 15.6. The van der Waals surface area contributed by atoms with E-state index in [0.29, 0.717) is 59.7 Å². The summed E-state index contributed by atoms with van der Waals surface area (Å²) in [6.07, 6.45) is 2.21. The molecule has 0 unspecified atom stereocenters. The Morgan fingerprint density at radius 2 is 2.00 bits per heavy atom. The van der Waals surface area contributed by atoms with Crippen molar-refractivity contribution in [3.8, 4) is 0 Å². The number of aldehydes is 1. The summed E-state index contributed by atoms with van der Waals surface area (Å²) >= 11 is 12.0. The first-order chi connectivity index (χ1) is 14.0. The number of carbonyl (C=O) groups is 1. The van der Waals surface area contributed by atoms with Crippen molar-refractivity contribution in [2.75, 3.05) is 38.4 Å². The van der Waals surface area contributed by atoms with Gasteiger partial charge in [-0.3, -0.25) is 14.5 Å². The predicted octanol–water partition coefficient (Wildman–Crippen LogP) is 2.43. The maximum Gasteiger partial charge on any atom is 0.278 e. The smallest absolute Gasteiger partial charge is 0.278 e. The molecule has 0 radical (unpaired) electrons. The fourth-order valence-corrected chi connectivity index (χ4v) is 2.93. The first-order valence-electron chi connectivity index (χ1n) is 8.75. The maximum absolute atomic E-state index is 12.6. The van der Waals surface area contributed by atoms with Gasteiger partial charge in [0, 0.05) is 12.7 Å². The Morgan fingerprint density at radius 3 is 2.76 bits per heavy atom. The number of nitrogens with one attached hydrogen (secondary N) is 1. The summed E-state index contributed by atoms with van der Waals surface area (Å²) in [5.74, 6) is 0.351. The number of aromatic amines is 1. The Kier molecular flexibility index (Phi) is 7.21. The van der Waals surface area contributed by atoms with Crippen molar-refractivity contribution >= 4 is 52.2 Å². The van der Waals surface area contributed by atoms with E-state index in [0.717, 1.165) is 5.69 Å². The minimum Gasteiger partial charge on any atom is -0.377 e. The molecule has 11 heteroatoms. The van der Waals surface area contributed by atoms with E-state index in [1.165, 1.54) is 10.9 Å². The van der Waals surface area contributed by atoms with E-state index in [1.807, 2.05) is 0 Å². The fourth-order valence-electron chi connectivity index (χ4n) is 2.64. The van der Waals surface area contributed by atoms with Crippen LogP contribution in [0.4, 0.5) is 11.6 Å². The Balaban J connectivity index is 1.71. The number of halogens is 2. The number of ether oxygens (including phenoxy) is 2. The summed E-state index contributed by atoms with van der Waals surface area (Å²) < 4.78 is 11.9. The van der Waals surface area contributed by atoms with Crippen molar-refractivity contribution in [1.29, 1.82) is 0 Å². The molecule has 9 nitrogen and oxygen atoms in total. The van der Waals surface area contributed by atoms with Crippen LogP contribution in [0.15, 0.2) is 29.2 Å². The molecule has 0 aliphatic heterocycles. The Labute approximate surface area is 176 Å². The second kappa shape index (κ2) is 9.84. The van der Waals surface area contributed by atoms with E-state index in [9.17, 15) is 9.59 Å². The van der Waals surface area contributed by atoms with E-state index in [-0.39, 0.29) is 12.2 Å². The van der Waals surface area contributed by atoms with Crippen LogP contribution in [-0.4, -0.2) is 59.5 Å². The third-order valence-electron chi connectivity index (χ3n) is 4.10. The molecule has 3 rings (SSSR count). The van der Waals surface area contributed by atoms with Crippen LogP contribution in [0, 0.1) is 0 Å². The van der Waals surface area contributed by atoms with Crippen molar-refractivity contribution in [1.82, 2.24) is 19.7 Å². The van der Waals surface area contributed by atoms with E-state index < -0.39 is 0 Å². The zero-order valence-corrected chi connectivity index (χ0v) is 17.1. The van der Waals surface area contributed by atoms with E-state index in [4.69, 9.17) is 32.7 Å². The third-order valence-corrected chi connectivity index (χ3v) is 4.84. The molecule has 1 aromatic carbocycles. The second-order valence-corrected chi connectivity index (χ2v) is 6.82. The summed E-state index contributed by atoms with van der Waals surface area (Å²) in [7, 11) is 1.76. The summed E-state index contributed by atoms with van der Waals surface area (Å²) in [5.41, 5.74) is 1.23. The molecule has 1 N–H and O–H groups in total. The van der Waals surface area contributed by atoms with Gasteiger partial charge in [-0.2, -0.15) is 5.10 Å². The number of hydrogen-bond donors (Lipinski definition) is 1. The second-order valence-electron chi connectivity index (χ2n) is 6.00. The highest BCUT2D eigenvalue weighted by Crippen LogP contribution is 2.29. The molecular weight excluding hydrogens is 421 g/mol. The van der Waals surface area contributed by atoms with Crippen molar-refractivity contribution in [2.24, 2.45) is 0 Å². The molecular formula is C18H19Cl2N5O4. The first-order valence-corrected chi connectivity index (χ1v) is 9.50. The van der Waals surface area contributed by atoms with Gasteiger partial charge in [-0.05, 0) is 18.2 Å². The lowest BCUT2D eigenvalue weighted by molar-refractivity contribution is -0.112. The summed E-state index contributed by atoms with van der Waals surface area (Å²) in [5, 5.41) is 5.07. The molecule has 0 saturated heterocycles. The number of H-pyrrole nitrogens is 1. The van der Waals surface area contributed by atoms with Crippen LogP contribution in [0.2, 0.25) is 10.0 Å². The highest BCUT2D eigenvalue weighted by atomic mass is 35.5. The first kappa shape index (κ1) is 21.3. The average molecular weight is 440 g/mol. The van der Waals surface area contributed by atoms with Gasteiger partial charge in [-0.1, -0.05) is 23.2 Å². The van der Waals surface area contributed by atoms with Crippen molar-refractivity contribution in [3.63, 3.8) is 0 Å². The van der Waals surface area contributed by atoms with Gasteiger partial charge in [-0.15, -0.1) is 0 Å². The van der Waals surface area contributed by atoms with Gasteiger partial charge in [0.25, 0.3) is 5.56 Å². The Hall–Kier alpha value is -2.46. The lowest BCUT2D eigenvalue weighted by Crippen LogP contribution is -2.21. The molecule has 0 saturated carbocycles. The average Bonchev–Trinajstić information content (AvgIpc) is 3.12. The molecule has 0 amide bonds. The van der Waals surface area contributed by atoms with Crippen molar-refractivity contribution in [2.45, 2.75) is 6.54 Å². The highest BCUT2D eigenvalue weighted by Gasteiger charge is 2.14. The highest BCUT2D eigenvalue weighted by molar-refractivity contribution is 6.42.